The monoisotopic (exact) mass is 265 g/mol. The Morgan fingerprint density at radius 3 is 2.95 bits per heavy atom. The minimum Gasteiger partial charge on any atom is -0.344 e. The third-order valence-electron chi connectivity index (χ3n) is 3.98. The van der Waals surface area contributed by atoms with Crippen LogP contribution in [0.3, 0.4) is 0 Å². The number of nitrogens with zero attached hydrogens (tertiary/aromatic N) is 1. The fourth-order valence-corrected chi connectivity index (χ4v) is 3.93. The SMILES string of the molecule is Cn1c(C2=CCCc3sccc32)cc2ccccc21. The Hall–Kier alpha value is -1.80. The summed E-state index contributed by atoms with van der Waals surface area (Å²) in [6, 6.07) is 13.2. The van der Waals surface area contributed by atoms with E-state index in [-0.39, 0.29) is 0 Å². The summed E-state index contributed by atoms with van der Waals surface area (Å²) < 4.78 is 2.31. The van der Waals surface area contributed by atoms with Crippen LogP contribution in [0, 0.1) is 0 Å². The van der Waals surface area contributed by atoms with Crippen LogP contribution >= 0.6 is 11.3 Å². The maximum atomic E-state index is 2.39. The average Bonchev–Trinajstić information content (AvgIpc) is 3.04. The van der Waals surface area contributed by atoms with E-state index in [0.717, 1.165) is 6.42 Å². The van der Waals surface area contributed by atoms with Crippen molar-refractivity contribution in [1.29, 1.82) is 0 Å². The van der Waals surface area contributed by atoms with Crippen molar-refractivity contribution in [2.75, 3.05) is 0 Å². The molecule has 0 N–H and O–H groups in total. The fraction of sp³-hybridized carbons (Fsp3) is 0.176. The van der Waals surface area contributed by atoms with Crippen molar-refractivity contribution in [3.8, 4) is 0 Å². The molecule has 1 nitrogen and oxygen atoms in total. The van der Waals surface area contributed by atoms with E-state index >= 15 is 0 Å². The van der Waals surface area contributed by atoms with Crippen molar-refractivity contribution < 1.29 is 0 Å². The molecule has 1 aliphatic rings. The van der Waals surface area contributed by atoms with Gasteiger partial charge in [0.05, 0.1) is 0 Å². The van der Waals surface area contributed by atoms with E-state index in [9.17, 15) is 0 Å². The summed E-state index contributed by atoms with van der Waals surface area (Å²) in [7, 11) is 2.17. The van der Waals surface area contributed by atoms with E-state index in [1.165, 1.54) is 39.0 Å². The van der Waals surface area contributed by atoms with Crippen molar-refractivity contribution in [3.63, 3.8) is 0 Å². The number of aryl methyl sites for hydroxylation is 2. The van der Waals surface area contributed by atoms with Gasteiger partial charge < -0.3 is 4.57 Å². The van der Waals surface area contributed by atoms with E-state index in [1.807, 2.05) is 11.3 Å². The summed E-state index contributed by atoms with van der Waals surface area (Å²) in [4.78, 5) is 1.53. The maximum Gasteiger partial charge on any atom is 0.0491 e. The summed E-state index contributed by atoms with van der Waals surface area (Å²) in [5.74, 6) is 0. The Morgan fingerprint density at radius 2 is 2.05 bits per heavy atom. The zero-order valence-corrected chi connectivity index (χ0v) is 11.7. The molecule has 3 aromatic rings. The molecule has 2 heterocycles. The highest BCUT2D eigenvalue weighted by Crippen LogP contribution is 2.36. The summed E-state index contributed by atoms with van der Waals surface area (Å²) in [6.07, 6.45) is 4.74. The highest BCUT2D eigenvalue weighted by Gasteiger charge is 2.18. The Balaban J connectivity index is 1.96. The summed E-state index contributed by atoms with van der Waals surface area (Å²) in [5, 5.41) is 3.54. The van der Waals surface area contributed by atoms with Gasteiger partial charge in [0.2, 0.25) is 0 Å². The van der Waals surface area contributed by atoms with Crippen LogP contribution in [-0.4, -0.2) is 4.57 Å². The van der Waals surface area contributed by atoms with E-state index in [4.69, 9.17) is 0 Å². The van der Waals surface area contributed by atoms with Crippen LogP contribution in [-0.2, 0) is 13.5 Å². The molecular formula is C17H15NS. The third-order valence-corrected chi connectivity index (χ3v) is 4.96. The Bertz CT molecular complexity index is 789. The van der Waals surface area contributed by atoms with Crippen molar-refractivity contribution >= 4 is 27.8 Å². The van der Waals surface area contributed by atoms with Gasteiger partial charge >= 0.3 is 0 Å². The van der Waals surface area contributed by atoms with E-state index < -0.39 is 0 Å². The Labute approximate surface area is 116 Å². The molecular weight excluding hydrogens is 250 g/mol. The largest absolute Gasteiger partial charge is 0.344 e. The molecule has 2 heteroatoms. The number of thiophene rings is 1. The van der Waals surface area contributed by atoms with Gasteiger partial charge in [-0.15, -0.1) is 11.3 Å². The highest BCUT2D eigenvalue weighted by atomic mass is 32.1. The quantitative estimate of drug-likeness (QED) is 0.605. The molecule has 1 aromatic carbocycles. The van der Waals surface area contributed by atoms with Crippen molar-refractivity contribution in [2.45, 2.75) is 12.8 Å². The van der Waals surface area contributed by atoms with Crippen LogP contribution in [0.5, 0.6) is 0 Å². The molecule has 0 amide bonds. The zero-order chi connectivity index (χ0) is 12.8. The molecule has 19 heavy (non-hydrogen) atoms. The second-order valence-corrected chi connectivity index (χ2v) is 6.06. The lowest BCUT2D eigenvalue weighted by atomic mass is 9.95. The van der Waals surface area contributed by atoms with Gasteiger partial charge in [-0.2, -0.15) is 0 Å². The van der Waals surface area contributed by atoms with Crippen molar-refractivity contribution in [3.05, 3.63) is 64.0 Å². The van der Waals surface area contributed by atoms with E-state index in [0.29, 0.717) is 0 Å². The fourth-order valence-electron chi connectivity index (χ4n) is 3.02. The molecule has 0 radical (unpaired) electrons. The van der Waals surface area contributed by atoms with Crippen LogP contribution in [0.15, 0.2) is 47.9 Å². The van der Waals surface area contributed by atoms with Crippen LogP contribution < -0.4 is 0 Å². The van der Waals surface area contributed by atoms with E-state index in [1.54, 1.807) is 0 Å². The molecule has 1 aliphatic carbocycles. The minimum atomic E-state index is 1.16. The second kappa shape index (κ2) is 4.10. The predicted molar refractivity (Wildman–Crippen MR) is 82.6 cm³/mol. The summed E-state index contributed by atoms with van der Waals surface area (Å²) >= 11 is 1.89. The van der Waals surface area contributed by atoms with E-state index in [2.05, 4.69) is 59.5 Å². The maximum absolute atomic E-state index is 2.39. The number of aromatic nitrogens is 1. The van der Waals surface area contributed by atoms with Crippen LogP contribution in [0.2, 0.25) is 0 Å². The van der Waals surface area contributed by atoms with Gasteiger partial charge in [0.15, 0.2) is 0 Å². The molecule has 0 bridgehead atoms. The molecule has 0 atom stereocenters. The van der Waals surface area contributed by atoms with Gasteiger partial charge in [-0.3, -0.25) is 0 Å². The van der Waals surface area contributed by atoms with Gasteiger partial charge in [0, 0.05) is 34.1 Å². The van der Waals surface area contributed by atoms with Gasteiger partial charge in [0.25, 0.3) is 0 Å². The van der Waals surface area contributed by atoms with Crippen molar-refractivity contribution in [1.82, 2.24) is 4.57 Å². The normalized spacial score (nSPS) is 14.5. The smallest absolute Gasteiger partial charge is 0.0491 e. The lowest BCUT2D eigenvalue weighted by molar-refractivity contribution is 0.935. The number of benzene rings is 1. The number of para-hydroxylation sites is 1. The van der Waals surface area contributed by atoms with Crippen LogP contribution in [0.1, 0.15) is 22.6 Å². The summed E-state index contributed by atoms with van der Waals surface area (Å²) in [5.41, 5.74) is 5.48. The first-order chi connectivity index (χ1) is 9.34. The Kier molecular flexibility index (Phi) is 2.39. The molecule has 2 aromatic heterocycles. The molecule has 0 saturated carbocycles. The first kappa shape index (κ1) is 11.1. The van der Waals surface area contributed by atoms with Gasteiger partial charge in [0.1, 0.15) is 0 Å². The summed E-state index contributed by atoms with van der Waals surface area (Å²) in [6.45, 7) is 0. The molecule has 0 aliphatic heterocycles. The molecule has 0 fully saturated rings. The van der Waals surface area contributed by atoms with Gasteiger partial charge in [-0.25, -0.2) is 0 Å². The number of allylic oxidation sites excluding steroid dienone is 1. The number of hydrogen-bond acceptors (Lipinski definition) is 1. The lowest BCUT2D eigenvalue weighted by Gasteiger charge is -2.15. The molecule has 94 valence electrons. The Morgan fingerprint density at radius 1 is 1.16 bits per heavy atom. The van der Waals surface area contributed by atoms with Crippen LogP contribution in [0.25, 0.3) is 16.5 Å². The molecule has 4 rings (SSSR count). The third kappa shape index (κ3) is 1.60. The standard InChI is InChI=1S/C17H15NS/c1-18-15-7-3-2-5-12(15)11-16(18)13-6-4-8-17-14(13)9-10-19-17/h2-3,5-7,9-11H,4,8H2,1H3. The minimum absolute atomic E-state index is 1.16. The molecule has 0 unspecified atom stereocenters. The number of hydrogen-bond donors (Lipinski definition) is 0. The average molecular weight is 265 g/mol. The topological polar surface area (TPSA) is 4.93 Å². The van der Waals surface area contributed by atoms with Gasteiger partial charge in [-0.05, 0) is 42.0 Å². The predicted octanol–water partition coefficient (Wildman–Crippen LogP) is 4.62. The molecule has 0 spiro atoms. The van der Waals surface area contributed by atoms with Crippen LogP contribution in [0.4, 0.5) is 0 Å². The lowest BCUT2D eigenvalue weighted by Crippen LogP contribution is -2.01. The van der Waals surface area contributed by atoms with Crippen molar-refractivity contribution in [2.24, 2.45) is 7.05 Å². The number of rotatable bonds is 1. The zero-order valence-electron chi connectivity index (χ0n) is 10.9. The molecule has 0 saturated heterocycles. The highest BCUT2D eigenvalue weighted by molar-refractivity contribution is 7.10. The van der Waals surface area contributed by atoms with Gasteiger partial charge in [-0.1, -0.05) is 24.3 Å². The first-order valence-electron chi connectivity index (χ1n) is 6.66. The number of fused-ring (bicyclic) bond motifs is 2. The second-order valence-electron chi connectivity index (χ2n) is 5.06. The first-order valence-corrected chi connectivity index (χ1v) is 7.54.